The summed E-state index contributed by atoms with van der Waals surface area (Å²) < 4.78 is 18.9. The van der Waals surface area contributed by atoms with E-state index in [1.807, 2.05) is 24.4 Å². The first kappa shape index (κ1) is 20.3. The van der Waals surface area contributed by atoms with Gasteiger partial charge in [-0.05, 0) is 48.9 Å². The van der Waals surface area contributed by atoms with Crippen LogP contribution in [0.25, 0.3) is 0 Å². The first-order valence-corrected chi connectivity index (χ1v) is 10.4. The molecule has 0 radical (unpaired) electrons. The van der Waals surface area contributed by atoms with Gasteiger partial charge in [-0.1, -0.05) is 12.1 Å². The molecule has 2 amide bonds. The number of hydrogen-bond acceptors (Lipinski definition) is 4. The topological polar surface area (TPSA) is 49.9 Å². The van der Waals surface area contributed by atoms with E-state index in [1.165, 1.54) is 24.5 Å². The quantitative estimate of drug-likeness (QED) is 0.736. The molecule has 28 heavy (non-hydrogen) atoms. The Morgan fingerprint density at radius 1 is 1.36 bits per heavy atom. The van der Waals surface area contributed by atoms with E-state index < -0.39 is 5.82 Å². The molecular weight excluding hydrogens is 379 g/mol. The fourth-order valence-electron chi connectivity index (χ4n) is 3.55. The lowest BCUT2D eigenvalue weighted by Crippen LogP contribution is -2.46. The van der Waals surface area contributed by atoms with Crippen molar-refractivity contribution in [3.63, 3.8) is 0 Å². The number of carbonyl (C=O) groups excluding carboxylic acids is 2. The van der Waals surface area contributed by atoms with Crippen molar-refractivity contribution in [1.29, 1.82) is 0 Å². The van der Waals surface area contributed by atoms with Gasteiger partial charge in [-0.25, -0.2) is 4.39 Å². The lowest BCUT2D eigenvalue weighted by molar-refractivity contribution is -0.137. The average Bonchev–Trinajstić information content (AvgIpc) is 3.26. The second-order valence-electron chi connectivity index (χ2n) is 6.89. The van der Waals surface area contributed by atoms with Gasteiger partial charge in [-0.2, -0.15) is 0 Å². The number of likely N-dealkylation sites (tertiary alicyclic amines) is 1. The number of amides is 2. The predicted molar refractivity (Wildman–Crippen MR) is 107 cm³/mol. The van der Waals surface area contributed by atoms with Crippen LogP contribution in [-0.2, 0) is 11.3 Å². The zero-order chi connectivity index (χ0) is 20.1. The van der Waals surface area contributed by atoms with Crippen molar-refractivity contribution in [3.8, 4) is 5.75 Å². The number of carbonyl (C=O) groups is 2. The van der Waals surface area contributed by atoms with E-state index in [0.717, 1.165) is 18.4 Å². The number of benzene rings is 1. The number of nitrogens with zero attached hydrogens (tertiary/aromatic N) is 2. The van der Waals surface area contributed by atoms with Gasteiger partial charge >= 0.3 is 0 Å². The Kier molecular flexibility index (Phi) is 6.67. The molecule has 2 aromatic rings. The SMILES string of the molecule is CCN(Cc1ccc(OC)c(F)c1)C(=O)C1CCCN(C(=O)c2cccs2)C1. The molecule has 3 rings (SSSR count). The maximum Gasteiger partial charge on any atom is 0.263 e. The summed E-state index contributed by atoms with van der Waals surface area (Å²) in [5, 5.41) is 1.88. The monoisotopic (exact) mass is 404 g/mol. The van der Waals surface area contributed by atoms with Crippen LogP contribution in [0.1, 0.15) is 35.0 Å². The Labute approximate surface area is 168 Å². The highest BCUT2D eigenvalue weighted by Crippen LogP contribution is 2.24. The van der Waals surface area contributed by atoms with E-state index in [4.69, 9.17) is 4.74 Å². The normalized spacial score (nSPS) is 16.7. The third-order valence-corrected chi connectivity index (χ3v) is 5.93. The van der Waals surface area contributed by atoms with Gasteiger partial charge in [-0.3, -0.25) is 9.59 Å². The van der Waals surface area contributed by atoms with Crippen molar-refractivity contribution < 1.29 is 18.7 Å². The number of hydrogen-bond donors (Lipinski definition) is 0. The summed E-state index contributed by atoms with van der Waals surface area (Å²) in [5.74, 6) is -0.460. The third kappa shape index (κ3) is 4.52. The molecule has 7 heteroatoms. The van der Waals surface area contributed by atoms with E-state index in [2.05, 4.69) is 0 Å². The lowest BCUT2D eigenvalue weighted by atomic mass is 9.96. The third-order valence-electron chi connectivity index (χ3n) is 5.07. The Bertz CT molecular complexity index is 825. The van der Waals surface area contributed by atoms with E-state index in [9.17, 15) is 14.0 Å². The molecule has 1 atom stereocenters. The summed E-state index contributed by atoms with van der Waals surface area (Å²) in [6.45, 7) is 3.89. The molecule has 1 saturated heterocycles. The van der Waals surface area contributed by atoms with Crippen molar-refractivity contribution in [1.82, 2.24) is 9.80 Å². The second-order valence-corrected chi connectivity index (χ2v) is 7.84. The van der Waals surface area contributed by atoms with Gasteiger partial charge in [0.05, 0.1) is 17.9 Å². The molecule has 5 nitrogen and oxygen atoms in total. The largest absolute Gasteiger partial charge is 0.494 e. The molecule has 150 valence electrons. The van der Waals surface area contributed by atoms with Crippen LogP contribution in [0.4, 0.5) is 4.39 Å². The minimum Gasteiger partial charge on any atom is -0.494 e. The minimum absolute atomic E-state index is 0.00669. The number of methoxy groups -OCH3 is 1. The van der Waals surface area contributed by atoms with Crippen LogP contribution in [0.5, 0.6) is 5.75 Å². The molecule has 0 saturated carbocycles. The molecule has 2 heterocycles. The summed E-state index contributed by atoms with van der Waals surface area (Å²) in [7, 11) is 1.42. The van der Waals surface area contributed by atoms with E-state index >= 15 is 0 Å². The maximum absolute atomic E-state index is 14.0. The van der Waals surface area contributed by atoms with Crippen LogP contribution in [0, 0.1) is 11.7 Å². The van der Waals surface area contributed by atoms with Gasteiger partial charge in [0.2, 0.25) is 5.91 Å². The van der Waals surface area contributed by atoms with Crippen LogP contribution in [0.15, 0.2) is 35.7 Å². The predicted octanol–water partition coefficient (Wildman–Crippen LogP) is 3.80. The molecule has 0 N–H and O–H groups in total. The highest BCUT2D eigenvalue weighted by Gasteiger charge is 2.31. The molecule has 0 bridgehead atoms. The molecule has 1 aromatic heterocycles. The molecule has 1 aliphatic heterocycles. The van der Waals surface area contributed by atoms with Crippen molar-refractivity contribution in [2.75, 3.05) is 26.7 Å². The van der Waals surface area contributed by atoms with Gasteiger partial charge in [0.25, 0.3) is 5.91 Å². The van der Waals surface area contributed by atoms with Crippen molar-refractivity contribution in [2.24, 2.45) is 5.92 Å². The number of piperidine rings is 1. The zero-order valence-corrected chi connectivity index (χ0v) is 17.0. The van der Waals surface area contributed by atoms with Gasteiger partial charge in [0, 0.05) is 26.2 Å². The molecule has 1 aromatic carbocycles. The fourth-order valence-corrected chi connectivity index (χ4v) is 4.24. The number of thiophene rings is 1. The highest BCUT2D eigenvalue weighted by atomic mass is 32.1. The van der Waals surface area contributed by atoms with E-state index in [0.29, 0.717) is 31.1 Å². The molecule has 1 aliphatic rings. The standard InChI is InChI=1S/C21H25FN2O3S/c1-3-23(13-15-8-9-18(27-2)17(22)12-15)20(25)16-6-4-10-24(14-16)21(26)19-7-5-11-28-19/h5,7-9,11-12,16H,3-4,6,10,13-14H2,1-2H3. The molecule has 0 spiro atoms. The second kappa shape index (κ2) is 9.19. The first-order valence-electron chi connectivity index (χ1n) is 9.47. The summed E-state index contributed by atoms with van der Waals surface area (Å²) in [6.07, 6.45) is 1.57. The Morgan fingerprint density at radius 2 is 2.18 bits per heavy atom. The summed E-state index contributed by atoms with van der Waals surface area (Å²) in [5.41, 5.74) is 0.718. The van der Waals surface area contributed by atoms with E-state index in [1.54, 1.807) is 21.9 Å². The van der Waals surface area contributed by atoms with Gasteiger partial charge in [0.15, 0.2) is 11.6 Å². The number of ether oxygens (including phenoxy) is 1. The smallest absolute Gasteiger partial charge is 0.263 e. The Hall–Kier alpha value is -2.41. The van der Waals surface area contributed by atoms with Crippen molar-refractivity contribution in [2.45, 2.75) is 26.3 Å². The summed E-state index contributed by atoms with van der Waals surface area (Å²) >= 11 is 1.42. The van der Waals surface area contributed by atoms with Gasteiger partial charge < -0.3 is 14.5 Å². The molecular formula is C21H25FN2O3S. The maximum atomic E-state index is 14.0. The zero-order valence-electron chi connectivity index (χ0n) is 16.2. The first-order chi connectivity index (χ1) is 13.5. The Balaban J connectivity index is 1.66. The van der Waals surface area contributed by atoms with Crippen molar-refractivity contribution >= 4 is 23.2 Å². The van der Waals surface area contributed by atoms with Crippen LogP contribution < -0.4 is 4.74 Å². The van der Waals surface area contributed by atoms with E-state index in [-0.39, 0.29) is 23.5 Å². The van der Waals surface area contributed by atoms with Crippen LogP contribution in [0.3, 0.4) is 0 Å². The average molecular weight is 405 g/mol. The number of rotatable bonds is 6. The summed E-state index contributed by atoms with van der Waals surface area (Å²) in [4.78, 5) is 29.9. The lowest BCUT2D eigenvalue weighted by Gasteiger charge is -2.34. The number of halogens is 1. The highest BCUT2D eigenvalue weighted by molar-refractivity contribution is 7.12. The Morgan fingerprint density at radius 3 is 2.82 bits per heavy atom. The van der Waals surface area contributed by atoms with Gasteiger partial charge in [0.1, 0.15) is 0 Å². The van der Waals surface area contributed by atoms with Crippen LogP contribution in [-0.4, -0.2) is 48.4 Å². The van der Waals surface area contributed by atoms with Crippen LogP contribution >= 0.6 is 11.3 Å². The van der Waals surface area contributed by atoms with Crippen molar-refractivity contribution in [3.05, 3.63) is 52.0 Å². The molecule has 1 fully saturated rings. The van der Waals surface area contributed by atoms with Gasteiger partial charge in [-0.15, -0.1) is 11.3 Å². The fraction of sp³-hybridized carbons (Fsp3) is 0.429. The van der Waals surface area contributed by atoms with Crippen LogP contribution in [0.2, 0.25) is 0 Å². The minimum atomic E-state index is -0.436. The molecule has 0 aliphatic carbocycles. The summed E-state index contributed by atoms with van der Waals surface area (Å²) in [6, 6.07) is 8.42. The molecule has 1 unspecified atom stereocenters.